The van der Waals surface area contributed by atoms with E-state index in [-0.39, 0.29) is 0 Å². The number of nitrogens with zero attached hydrogens (tertiary/aromatic N) is 3. The summed E-state index contributed by atoms with van der Waals surface area (Å²) in [4.78, 5) is 2.33. The highest BCUT2D eigenvalue weighted by atomic mass is 32.2. The van der Waals surface area contributed by atoms with Crippen LogP contribution in [0.1, 0.15) is 51.0 Å². The lowest BCUT2D eigenvalue weighted by atomic mass is 9.94. The third-order valence-corrected chi connectivity index (χ3v) is 7.43. The number of piperazine rings is 1. The molecule has 1 saturated heterocycles. The predicted octanol–water partition coefficient (Wildman–Crippen LogP) is 3.08. The molecule has 142 valence electrons. The van der Waals surface area contributed by atoms with E-state index in [1.165, 1.54) is 43.2 Å². The molecule has 2 aromatic rings. The first-order chi connectivity index (χ1) is 12.3. The van der Waals surface area contributed by atoms with E-state index >= 15 is 0 Å². The number of rotatable bonds is 3. The third kappa shape index (κ3) is 3.11. The Morgan fingerprint density at radius 1 is 1.19 bits per heavy atom. The summed E-state index contributed by atoms with van der Waals surface area (Å²) in [6.45, 7) is 5.90. The van der Waals surface area contributed by atoms with Crippen LogP contribution < -0.4 is 4.90 Å². The van der Waals surface area contributed by atoms with Crippen molar-refractivity contribution in [3.8, 4) is 0 Å². The summed E-state index contributed by atoms with van der Waals surface area (Å²) >= 11 is 0. The summed E-state index contributed by atoms with van der Waals surface area (Å²) in [5.41, 5.74) is 3.20. The van der Waals surface area contributed by atoms with Crippen molar-refractivity contribution in [3.63, 3.8) is 0 Å². The molecule has 0 spiro atoms. The molecule has 1 aromatic heterocycles. The number of H-pyrrole nitrogens is 1. The fraction of sp³-hybridized carbons (Fsp3) is 0.632. The molecule has 0 amide bonds. The van der Waals surface area contributed by atoms with Crippen molar-refractivity contribution in [3.05, 3.63) is 23.9 Å². The normalized spacial score (nSPS) is 22.3. The molecule has 1 aliphatic heterocycles. The van der Waals surface area contributed by atoms with Crippen LogP contribution in [-0.4, -0.2) is 54.3 Å². The maximum Gasteiger partial charge on any atom is 0.211 e. The molecular weight excluding hydrogens is 348 g/mol. The maximum atomic E-state index is 12.1. The minimum Gasteiger partial charge on any atom is -0.368 e. The van der Waals surface area contributed by atoms with Gasteiger partial charge < -0.3 is 4.90 Å². The average molecular weight is 377 g/mol. The van der Waals surface area contributed by atoms with Crippen LogP contribution in [-0.2, 0) is 10.0 Å². The highest BCUT2D eigenvalue weighted by Gasteiger charge is 2.39. The van der Waals surface area contributed by atoms with Crippen LogP contribution in [0.4, 0.5) is 5.69 Å². The lowest BCUT2D eigenvalue weighted by molar-refractivity contribution is 0.206. The highest BCUT2D eigenvalue weighted by Crippen LogP contribution is 2.39. The molecule has 0 unspecified atom stereocenters. The minimum absolute atomic E-state index is 0.439. The topological polar surface area (TPSA) is 69.3 Å². The molecule has 2 fully saturated rings. The van der Waals surface area contributed by atoms with Gasteiger partial charge in [0.15, 0.2) is 0 Å². The largest absolute Gasteiger partial charge is 0.368 e. The van der Waals surface area contributed by atoms with Gasteiger partial charge in [0.05, 0.1) is 18.0 Å². The number of anilines is 1. The number of nitrogens with one attached hydrogen (secondary N) is 1. The number of aromatic amines is 1. The molecule has 7 heteroatoms. The fourth-order valence-corrected chi connectivity index (χ4v) is 6.14. The highest BCUT2D eigenvalue weighted by molar-refractivity contribution is 7.88. The van der Waals surface area contributed by atoms with Crippen LogP contribution in [0.25, 0.3) is 10.9 Å². The van der Waals surface area contributed by atoms with Crippen LogP contribution in [0.15, 0.2) is 18.3 Å². The van der Waals surface area contributed by atoms with Gasteiger partial charge in [-0.15, -0.1) is 0 Å². The Balaban J connectivity index is 1.71. The monoisotopic (exact) mass is 376 g/mol. The molecule has 2 aliphatic rings. The van der Waals surface area contributed by atoms with Gasteiger partial charge >= 0.3 is 0 Å². The zero-order valence-corrected chi connectivity index (χ0v) is 16.6. The molecule has 0 radical (unpaired) electrons. The van der Waals surface area contributed by atoms with Crippen molar-refractivity contribution < 1.29 is 8.42 Å². The second-order valence-electron chi connectivity index (χ2n) is 8.42. The lowest BCUT2D eigenvalue weighted by Gasteiger charge is -2.46. The summed E-state index contributed by atoms with van der Waals surface area (Å²) in [6.07, 6.45) is 8.32. The van der Waals surface area contributed by atoms with Gasteiger partial charge in [-0.2, -0.15) is 9.40 Å². The van der Waals surface area contributed by atoms with Crippen molar-refractivity contribution in [1.29, 1.82) is 0 Å². The number of aromatic nitrogens is 2. The Labute approximate surface area is 155 Å². The summed E-state index contributed by atoms with van der Waals surface area (Å²) in [7, 11) is -3.20. The Morgan fingerprint density at radius 3 is 2.58 bits per heavy atom. The van der Waals surface area contributed by atoms with Crippen LogP contribution in [0.5, 0.6) is 0 Å². The first-order valence-corrected chi connectivity index (χ1v) is 11.3. The third-order valence-electron chi connectivity index (χ3n) is 5.95. The molecule has 1 saturated carbocycles. The summed E-state index contributed by atoms with van der Waals surface area (Å²) in [5, 5.41) is 8.51. The number of sulfonamides is 1. The van der Waals surface area contributed by atoms with E-state index < -0.39 is 15.6 Å². The second kappa shape index (κ2) is 6.23. The first kappa shape index (κ1) is 17.8. The molecule has 0 bridgehead atoms. The average Bonchev–Trinajstić information content (AvgIpc) is 3.22. The van der Waals surface area contributed by atoms with E-state index in [9.17, 15) is 8.42 Å². The molecule has 0 atom stereocenters. The zero-order chi connectivity index (χ0) is 18.5. The maximum absolute atomic E-state index is 12.1. The molecule has 6 nitrogen and oxygen atoms in total. The zero-order valence-electron chi connectivity index (χ0n) is 15.8. The Bertz CT molecular complexity index is 913. The van der Waals surface area contributed by atoms with Crippen molar-refractivity contribution in [1.82, 2.24) is 14.5 Å². The Kier molecular flexibility index (Phi) is 4.27. The van der Waals surface area contributed by atoms with Gasteiger partial charge in [-0.25, -0.2) is 8.42 Å². The molecule has 1 N–H and O–H groups in total. The SMILES string of the molecule is CC1(C)CN(c2cc(C3CCCC3)cc3[nH]ncc23)CCN1S(C)(=O)=O. The van der Waals surface area contributed by atoms with Crippen LogP contribution in [0, 0.1) is 0 Å². The van der Waals surface area contributed by atoms with Gasteiger partial charge in [-0.05, 0) is 50.3 Å². The quantitative estimate of drug-likeness (QED) is 0.894. The number of hydrogen-bond acceptors (Lipinski definition) is 4. The van der Waals surface area contributed by atoms with E-state index in [1.54, 1.807) is 4.31 Å². The molecule has 4 rings (SSSR count). The summed E-state index contributed by atoms with van der Waals surface area (Å²) < 4.78 is 25.9. The van der Waals surface area contributed by atoms with Crippen molar-refractivity contribution >= 4 is 26.6 Å². The van der Waals surface area contributed by atoms with E-state index in [1.807, 2.05) is 20.0 Å². The van der Waals surface area contributed by atoms with Crippen molar-refractivity contribution in [2.75, 3.05) is 30.8 Å². The van der Waals surface area contributed by atoms with Crippen LogP contribution in [0.2, 0.25) is 0 Å². The van der Waals surface area contributed by atoms with Gasteiger partial charge in [-0.3, -0.25) is 5.10 Å². The van der Waals surface area contributed by atoms with E-state index in [4.69, 9.17) is 0 Å². The van der Waals surface area contributed by atoms with E-state index in [0.717, 1.165) is 10.9 Å². The van der Waals surface area contributed by atoms with Gasteiger partial charge in [0, 0.05) is 36.2 Å². The lowest BCUT2D eigenvalue weighted by Crippen LogP contribution is -2.60. The number of benzene rings is 1. The smallest absolute Gasteiger partial charge is 0.211 e. The van der Waals surface area contributed by atoms with E-state index in [0.29, 0.717) is 25.6 Å². The van der Waals surface area contributed by atoms with Crippen LogP contribution in [0.3, 0.4) is 0 Å². The molecule has 2 heterocycles. The number of hydrogen-bond donors (Lipinski definition) is 1. The van der Waals surface area contributed by atoms with Crippen molar-refractivity contribution in [2.45, 2.75) is 51.0 Å². The molecule has 26 heavy (non-hydrogen) atoms. The van der Waals surface area contributed by atoms with E-state index in [2.05, 4.69) is 27.2 Å². The van der Waals surface area contributed by atoms with Gasteiger partial charge in [0.25, 0.3) is 0 Å². The molecule has 1 aliphatic carbocycles. The minimum atomic E-state index is -3.20. The second-order valence-corrected chi connectivity index (χ2v) is 10.3. The Hall–Kier alpha value is -1.60. The summed E-state index contributed by atoms with van der Waals surface area (Å²) in [5.74, 6) is 0.631. The predicted molar refractivity (Wildman–Crippen MR) is 105 cm³/mol. The fourth-order valence-electron chi connectivity index (χ4n) is 4.77. The molecular formula is C19H28N4O2S. The summed E-state index contributed by atoms with van der Waals surface area (Å²) in [6, 6.07) is 4.57. The first-order valence-electron chi connectivity index (χ1n) is 9.45. The molecule has 1 aromatic carbocycles. The van der Waals surface area contributed by atoms with Gasteiger partial charge in [0.1, 0.15) is 0 Å². The number of fused-ring (bicyclic) bond motifs is 1. The van der Waals surface area contributed by atoms with Crippen LogP contribution >= 0.6 is 0 Å². The van der Waals surface area contributed by atoms with Gasteiger partial charge in [0.2, 0.25) is 10.0 Å². The van der Waals surface area contributed by atoms with Gasteiger partial charge in [-0.1, -0.05) is 12.8 Å². The Morgan fingerprint density at radius 2 is 1.92 bits per heavy atom. The van der Waals surface area contributed by atoms with Crippen molar-refractivity contribution in [2.24, 2.45) is 0 Å². The standard InChI is InChI=1S/C19H28N4O2S/c1-19(2)13-22(8-9-23(19)26(3,24)25)18-11-15(14-6-4-5-7-14)10-17-16(18)12-20-21-17/h10-12,14H,4-9,13H2,1-3H3,(H,20,21).